The van der Waals surface area contributed by atoms with E-state index in [0.717, 1.165) is 17.0 Å². The van der Waals surface area contributed by atoms with E-state index < -0.39 is 0 Å². The van der Waals surface area contributed by atoms with Gasteiger partial charge in [-0.2, -0.15) is 0 Å². The summed E-state index contributed by atoms with van der Waals surface area (Å²) in [6.45, 7) is 0.400. The maximum Gasteiger partial charge on any atom is 0.251 e. The van der Waals surface area contributed by atoms with E-state index in [0.29, 0.717) is 12.1 Å². The Morgan fingerprint density at radius 3 is 2.65 bits per heavy atom. The number of rotatable bonds is 5. The van der Waals surface area contributed by atoms with Gasteiger partial charge in [-0.3, -0.25) is 4.79 Å². The third-order valence-corrected chi connectivity index (χ3v) is 3.37. The molecule has 0 spiro atoms. The van der Waals surface area contributed by atoms with Crippen LogP contribution >= 0.6 is 0 Å². The summed E-state index contributed by atoms with van der Waals surface area (Å²) in [7, 11) is 1.61. The molecule has 1 N–H and O–H groups in total. The second-order valence-electron chi connectivity index (χ2n) is 4.80. The van der Waals surface area contributed by atoms with Gasteiger partial charge < -0.3 is 10.1 Å². The SMILES string of the molecule is COc1ccccc1CNC(=O)c1ccc(-n2cnnn2)cc1. The fourth-order valence-corrected chi connectivity index (χ4v) is 2.17. The summed E-state index contributed by atoms with van der Waals surface area (Å²) < 4.78 is 6.79. The molecule has 0 aliphatic carbocycles. The summed E-state index contributed by atoms with van der Waals surface area (Å²) in [4.78, 5) is 12.2. The topological polar surface area (TPSA) is 81.9 Å². The van der Waals surface area contributed by atoms with Crippen molar-refractivity contribution in [3.05, 3.63) is 66.0 Å². The molecule has 0 bridgehead atoms. The number of ether oxygens (including phenoxy) is 1. The third kappa shape index (κ3) is 3.34. The van der Waals surface area contributed by atoms with E-state index >= 15 is 0 Å². The summed E-state index contributed by atoms with van der Waals surface area (Å²) in [5, 5.41) is 13.8. The lowest BCUT2D eigenvalue weighted by molar-refractivity contribution is 0.0950. The van der Waals surface area contributed by atoms with Gasteiger partial charge in [-0.25, -0.2) is 4.68 Å². The molecule has 0 fully saturated rings. The number of methoxy groups -OCH3 is 1. The minimum atomic E-state index is -0.154. The Morgan fingerprint density at radius 2 is 1.96 bits per heavy atom. The molecular formula is C16H15N5O2. The first-order valence-electron chi connectivity index (χ1n) is 7.01. The van der Waals surface area contributed by atoms with Crippen LogP contribution in [-0.4, -0.2) is 33.2 Å². The van der Waals surface area contributed by atoms with E-state index in [1.165, 1.54) is 11.0 Å². The molecule has 116 valence electrons. The molecule has 7 nitrogen and oxygen atoms in total. The van der Waals surface area contributed by atoms with Crippen LogP contribution in [0.5, 0.6) is 5.75 Å². The van der Waals surface area contributed by atoms with Crippen molar-refractivity contribution in [3.8, 4) is 11.4 Å². The van der Waals surface area contributed by atoms with Crippen molar-refractivity contribution in [2.45, 2.75) is 6.54 Å². The highest BCUT2D eigenvalue weighted by molar-refractivity contribution is 5.94. The van der Waals surface area contributed by atoms with Gasteiger partial charge in [0.1, 0.15) is 12.1 Å². The van der Waals surface area contributed by atoms with Crippen LogP contribution in [0, 0.1) is 0 Å². The summed E-state index contributed by atoms with van der Waals surface area (Å²) in [6.07, 6.45) is 1.50. The van der Waals surface area contributed by atoms with Crippen molar-refractivity contribution >= 4 is 5.91 Å². The Morgan fingerprint density at radius 1 is 1.17 bits per heavy atom. The largest absolute Gasteiger partial charge is 0.496 e. The lowest BCUT2D eigenvalue weighted by Crippen LogP contribution is -2.23. The highest BCUT2D eigenvalue weighted by Gasteiger charge is 2.08. The molecule has 0 atom stereocenters. The molecule has 0 saturated carbocycles. The molecule has 1 aromatic heterocycles. The Hall–Kier alpha value is -3.22. The van der Waals surface area contributed by atoms with Crippen LogP contribution in [0.3, 0.4) is 0 Å². The molecule has 3 aromatic rings. The van der Waals surface area contributed by atoms with Crippen LogP contribution in [0.15, 0.2) is 54.9 Å². The monoisotopic (exact) mass is 309 g/mol. The van der Waals surface area contributed by atoms with E-state index in [4.69, 9.17) is 4.74 Å². The smallest absolute Gasteiger partial charge is 0.251 e. The minimum Gasteiger partial charge on any atom is -0.496 e. The van der Waals surface area contributed by atoms with Crippen molar-refractivity contribution in [2.75, 3.05) is 7.11 Å². The highest BCUT2D eigenvalue weighted by Crippen LogP contribution is 2.17. The molecule has 0 radical (unpaired) electrons. The number of hydrogen-bond acceptors (Lipinski definition) is 5. The lowest BCUT2D eigenvalue weighted by atomic mass is 10.1. The lowest BCUT2D eigenvalue weighted by Gasteiger charge is -2.09. The van der Waals surface area contributed by atoms with Gasteiger partial charge in [0.05, 0.1) is 12.8 Å². The van der Waals surface area contributed by atoms with E-state index in [1.807, 2.05) is 24.3 Å². The highest BCUT2D eigenvalue weighted by atomic mass is 16.5. The fraction of sp³-hybridized carbons (Fsp3) is 0.125. The standard InChI is InChI=1S/C16H15N5O2/c1-23-15-5-3-2-4-13(15)10-17-16(22)12-6-8-14(9-7-12)21-11-18-19-20-21/h2-9,11H,10H2,1H3,(H,17,22). The first-order valence-corrected chi connectivity index (χ1v) is 7.01. The number of carbonyl (C=O) groups is 1. The minimum absolute atomic E-state index is 0.154. The number of para-hydroxylation sites is 1. The molecule has 3 rings (SSSR count). The quantitative estimate of drug-likeness (QED) is 0.774. The summed E-state index contributed by atoms with van der Waals surface area (Å²) >= 11 is 0. The van der Waals surface area contributed by atoms with Gasteiger partial charge in [0, 0.05) is 17.7 Å². The van der Waals surface area contributed by atoms with Crippen molar-refractivity contribution in [1.82, 2.24) is 25.5 Å². The third-order valence-electron chi connectivity index (χ3n) is 3.37. The van der Waals surface area contributed by atoms with E-state index in [9.17, 15) is 4.79 Å². The Balaban J connectivity index is 1.66. The maximum atomic E-state index is 12.2. The van der Waals surface area contributed by atoms with Crippen LogP contribution < -0.4 is 10.1 Å². The van der Waals surface area contributed by atoms with Crippen molar-refractivity contribution in [2.24, 2.45) is 0 Å². The zero-order valence-corrected chi connectivity index (χ0v) is 12.5. The predicted molar refractivity (Wildman–Crippen MR) is 83.3 cm³/mol. The zero-order chi connectivity index (χ0) is 16.1. The zero-order valence-electron chi connectivity index (χ0n) is 12.5. The van der Waals surface area contributed by atoms with Gasteiger partial charge in [0.2, 0.25) is 0 Å². The van der Waals surface area contributed by atoms with Gasteiger partial charge in [0.25, 0.3) is 5.91 Å². The Kier molecular flexibility index (Phi) is 4.28. The number of nitrogens with one attached hydrogen (secondary N) is 1. The number of hydrogen-bond donors (Lipinski definition) is 1. The first kappa shape index (κ1) is 14.7. The average Bonchev–Trinajstić information content (AvgIpc) is 3.14. The van der Waals surface area contributed by atoms with Gasteiger partial charge in [-0.15, -0.1) is 5.10 Å². The molecule has 0 aliphatic rings. The number of benzene rings is 2. The van der Waals surface area contributed by atoms with Crippen LogP contribution in [0.4, 0.5) is 0 Å². The molecular weight excluding hydrogens is 294 g/mol. The van der Waals surface area contributed by atoms with Gasteiger partial charge >= 0.3 is 0 Å². The molecule has 2 aromatic carbocycles. The molecule has 0 saturated heterocycles. The Bertz CT molecular complexity index is 784. The number of tetrazole rings is 1. The van der Waals surface area contributed by atoms with Crippen LogP contribution in [0.2, 0.25) is 0 Å². The second-order valence-corrected chi connectivity index (χ2v) is 4.80. The second kappa shape index (κ2) is 6.69. The summed E-state index contributed by atoms with van der Waals surface area (Å²) in [5.74, 6) is 0.598. The molecule has 0 unspecified atom stereocenters. The van der Waals surface area contributed by atoms with Gasteiger partial charge in [-0.1, -0.05) is 18.2 Å². The molecule has 7 heteroatoms. The van der Waals surface area contributed by atoms with Crippen LogP contribution in [0.1, 0.15) is 15.9 Å². The van der Waals surface area contributed by atoms with Crippen molar-refractivity contribution in [1.29, 1.82) is 0 Å². The summed E-state index contributed by atoms with van der Waals surface area (Å²) in [6, 6.07) is 14.6. The molecule has 0 aliphatic heterocycles. The first-order chi connectivity index (χ1) is 11.3. The van der Waals surface area contributed by atoms with Crippen molar-refractivity contribution < 1.29 is 9.53 Å². The van der Waals surface area contributed by atoms with Gasteiger partial charge in [-0.05, 0) is 40.8 Å². The molecule has 1 amide bonds. The Labute approximate surface area is 132 Å². The van der Waals surface area contributed by atoms with E-state index in [2.05, 4.69) is 20.8 Å². The van der Waals surface area contributed by atoms with Crippen LogP contribution in [-0.2, 0) is 6.54 Å². The van der Waals surface area contributed by atoms with E-state index in [-0.39, 0.29) is 5.91 Å². The molecule has 1 heterocycles. The predicted octanol–water partition coefficient (Wildman–Crippen LogP) is 1.60. The van der Waals surface area contributed by atoms with E-state index in [1.54, 1.807) is 31.4 Å². The van der Waals surface area contributed by atoms with Crippen LogP contribution in [0.25, 0.3) is 5.69 Å². The van der Waals surface area contributed by atoms with Gasteiger partial charge in [0.15, 0.2) is 0 Å². The van der Waals surface area contributed by atoms with Crippen molar-refractivity contribution in [3.63, 3.8) is 0 Å². The average molecular weight is 309 g/mol. The fourth-order valence-electron chi connectivity index (χ4n) is 2.17. The number of aromatic nitrogens is 4. The maximum absolute atomic E-state index is 12.2. The number of amides is 1. The number of carbonyl (C=O) groups excluding carboxylic acids is 1. The summed E-state index contributed by atoms with van der Waals surface area (Å²) in [5.41, 5.74) is 2.28. The number of nitrogens with zero attached hydrogens (tertiary/aromatic N) is 4. The normalized spacial score (nSPS) is 10.3. The molecule has 23 heavy (non-hydrogen) atoms.